The summed E-state index contributed by atoms with van der Waals surface area (Å²) in [4.78, 5) is 9.92. The topological polar surface area (TPSA) is 35.6 Å². The van der Waals surface area contributed by atoms with Gasteiger partial charge in [-0.05, 0) is 82.2 Å². The summed E-state index contributed by atoms with van der Waals surface area (Å²) < 4.78 is 4.73. The molecule has 0 aliphatic carbocycles. The third-order valence-corrected chi connectivity index (χ3v) is 10.6. The highest BCUT2D eigenvalue weighted by atomic mass is 15.1. The maximum Gasteiger partial charge on any atom is 0.138 e. The third kappa shape index (κ3) is 4.28. The molecule has 4 heterocycles. The normalized spacial score (nSPS) is 11.8. The molecule has 242 valence electrons. The number of nitrogens with zero attached hydrogens (tertiary/aromatic N) is 4. The first-order chi connectivity index (χ1) is 25.8. The van der Waals surface area contributed by atoms with E-state index in [1.54, 1.807) is 0 Å². The zero-order valence-corrected chi connectivity index (χ0v) is 28.1. The minimum Gasteiger partial charge on any atom is -0.309 e. The highest BCUT2D eigenvalue weighted by Gasteiger charge is 2.19. The van der Waals surface area contributed by atoms with E-state index in [1.807, 2.05) is 12.4 Å². The van der Waals surface area contributed by atoms with Gasteiger partial charge >= 0.3 is 0 Å². The van der Waals surface area contributed by atoms with Gasteiger partial charge in [0.15, 0.2) is 0 Å². The average Bonchev–Trinajstić information content (AvgIpc) is 3.72. The van der Waals surface area contributed by atoms with E-state index in [0.29, 0.717) is 0 Å². The Labute approximate surface area is 299 Å². The number of para-hydroxylation sites is 2. The summed E-state index contributed by atoms with van der Waals surface area (Å²) >= 11 is 0. The first kappa shape index (κ1) is 28.8. The van der Waals surface area contributed by atoms with E-state index in [-0.39, 0.29) is 0 Å². The molecule has 0 fully saturated rings. The number of rotatable bonds is 4. The lowest BCUT2D eigenvalue weighted by Gasteiger charge is -2.12. The van der Waals surface area contributed by atoms with Gasteiger partial charge in [-0.25, -0.2) is 4.98 Å². The van der Waals surface area contributed by atoms with Gasteiger partial charge in [-0.3, -0.25) is 9.55 Å². The molecule has 0 aliphatic heterocycles. The van der Waals surface area contributed by atoms with Gasteiger partial charge < -0.3 is 4.57 Å². The van der Waals surface area contributed by atoms with Crippen LogP contribution in [0.2, 0.25) is 0 Å². The van der Waals surface area contributed by atoms with Gasteiger partial charge in [0, 0.05) is 50.4 Å². The molecule has 7 aromatic carbocycles. The van der Waals surface area contributed by atoms with Gasteiger partial charge in [-0.2, -0.15) is 0 Å². The lowest BCUT2D eigenvalue weighted by molar-refractivity contribution is 1.08. The van der Waals surface area contributed by atoms with Crippen molar-refractivity contribution in [2.75, 3.05) is 0 Å². The van der Waals surface area contributed by atoms with Gasteiger partial charge in [0.2, 0.25) is 0 Å². The molecule has 0 amide bonds. The summed E-state index contributed by atoms with van der Waals surface area (Å²) in [5.41, 5.74) is 11.4. The van der Waals surface area contributed by atoms with Crippen LogP contribution in [0.25, 0.3) is 99.0 Å². The number of hydrogen-bond acceptors (Lipinski definition) is 2. The smallest absolute Gasteiger partial charge is 0.138 e. The lowest BCUT2D eigenvalue weighted by Crippen LogP contribution is -1.99. The maximum atomic E-state index is 4.98. The third-order valence-electron chi connectivity index (χ3n) is 10.6. The molecule has 0 saturated heterocycles. The molecule has 0 spiro atoms. The summed E-state index contributed by atoms with van der Waals surface area (Å²) in [5, 5.41) is 8.32. The Morgan fingerprint density at radius 2 is 0.981 bits per heavy atom. The van der Waals surface area contributed by atoms with Crippen LogP contribution < -0.4 is 0 Å². The zero-order valence-electron chi connectivity index (χ0n) is 28.1. The SMILES string of the molecule is c1ccc(-c2ccnc(-n3c4ccccc4c4ccc(-n5c6ccccc6c6cc7ccc8c(-c9ccccc9)ccnc8c7cc65)cc43)c2)cc1. The highest BCUT2D eigenvalue weighted by Crippen LogP contribution is 2.40. The van der Waals surface area contributed by atoms with E-state index in [0.717, 1.165) is 49.9 Å². The predicted octanol–water partition coefficient (Wildman–Crippen LogP) is 12.3. The van der Waals surface area contributed by atoms with E-state index in [2.05, 4.69) is 179 Å². The van der Waals surface area contributed by atoms with Gasteiger partial charge in [-0.15, -0.1) is 0 Å². The molecule has 0 bridgehead atoms. The molecule has 52 heavy (non-hydrogen) atoms. The summed E-state index contributed by atoms with van der Waals surface area (Å²) in [7, 11) is 0. The molecular weight excluding hydrogens is 633 g/mol. The largest absolute Gasteiger partial charge is 0.309 e. The first-order valence-corrected chi connectivity index (χ1v) is 17.7. The lowest BCUT2D eigenvalue weighted by atomic mass is 9.97. The number of pyridine rings is 2. The standard InChI is InChI=1S/C48H30N4/c1-3-11-31(12-4-1)33-23-25-49-47(28-33)52-44-18-10-7-15-37(44)39-22-20-35(29-45(39)52)51-43-17-9-8-16-38(43)42-27-34-19-21-40-36(32-13-5-2-6-14-32)24-26-50-48(40)41(34)30-46(42)51/h1-30H. The molecule has 0 saturated carbocycles. The first-order valence-electron chi connectivity index (χ1n) is 17.7. The summed E-state index contributed by atoms with van der Waals surface area (Å²) in [6, 6.07) is 60.9. The predicted molar refractivity (Wildman–Crippen MR) is 217 cm³/mol. The molecule has 0 radical (unpaired) electrons. The minimum atomic E-state index is 0.893. The molecule has 11 aromatic rings. The fourth-order valence-electron chi connectivity index (χ4n) is 8.25. The molecule has 4 heteroatoms. The van der Waals surface area contributed by atoms with Crippen molar-refractivity contribution in [2.24, 2.45) is 0 Å². The van der Waals surface area contributed by atoms with Gasteiger partial charge in [0.05, 0.1) is 27.6 Å². The zero-order chi connectivity index (χ0) is 34.2. The fourth-order valence-corrected chi connectivity index (χ4v) is 8.25. The van der Waals surface area contributed by atoms with Crippen molar-refractivity contribution < 1.29 is 0 Å². The van der Waals surface area contributed by atoms with Crippen molar-refractivity contribution in [1.82, 2.24) is 19.1 Å². The Kier molecular flexibility index (Phi) is 6.22. The molecule has 0 N–H and O–H groups in total. The van der Waals surface area contributed by atoms with E-state index < -0.39 is 0 Å². The number of benzene rings is 7. The van der Waals surface area contributed by atoms with Crippen LogP contribution in [0.1, 0.15) is 0 Å². The van der Waals surface area contributed by atoms with Crippen LogP contribution in [0.4, 0.5) is 0 Å². The van der Waals surface area contributed by atoms with Crippen LogP contribution in [-0.2, 0) is 0 Å². The van der Waals surface area contributed by atoms with Crippen LogP contribution in [0.5, 0.6) is 0 Å². The Morgan fingerprint density at radius 3 is 1.79 bits per heavy atom. The highest BCUT2D eigenvalue weighted by molar-refractivity contribution is 6.19. The van der Waals surface area contributed by atoms with Crippen LogP contribution in [0.3, 0.4) is 0 Å². The number of hydrogen-bond donors (Lipinski definition) is 0. The van der Waals surface area contributed by atoms with Crippen LogP contribution in [0.15, 0.2) is 182 Å². The van der Waals surface area contributed by atoms with Crippen molar-refractivity contribution in [3.05, 3.63) is 182 Å². The molecule has 11 rings (SSSR count). The molecular formula is C48H30N4. The minimum absolute atomic E-state index is 0.893. The average molecular weight is 663 g/mol. The van der Waals surface area contributed by atoms with Crippen molar-refractivity contribution in [1.29, 1.82) is 0 Å². The molecule has 0 unspecified atom stereocenters. The molecule has 0 atom stereocenters. The summed E-state index contributed by atoms with van der Waals surface area (Å²) in [6.07, 6.45) is 3.86. The monoisotopic (exact) mass is 662 g/mol. The quantitative estimate of drug-likeness (QED) is 0.176. The van der Waals surface area contributed by atoms with Crippen molar-refractivity contribution >= 4 is 65.3 Å². The van der Waals surface area contributed by atoms with Gasteiger partial charge in [-0.1, -0.05) is 115 Å². The summed E-state index contributed by atoms with van der Waals surface area (Å²) in [6.45, 7) is 0. The van der Waals surface area contributed by atoms with E-state index in [4.69, 9.17) is 9.97 Å². The molecule has 4 nitrogen and oxygen atoms in total. The van der Waals surface area contributed by atoms with Crippen LogP contribution in [-0.4, -0.2) is 19.1 Å². The fraction of sp³-hybridized carbons (Fsp3) is 0. The second-order valence-electron chi connectivity index (χ2n) is 13.5. The number of aromatic nitrogens is 4. The van der Waals surface area contributed by atoms with Crippen LogP contribution in [0, 0.1) is 0 Å². The van der Waals surface area contributed by atoms with E-state index in [1.165, 1.54) is 49.1 Å². The Hall–Kier alpha value is -7.04. The Morgan fingerprint density at radius 1 is 0.346 bits per heavy atom. The second-order valence-corrected chi connectivity index (χ2v) is 13.5. The van der Waals surface area contributed by atoms with Gasteiger partial charge in [0.1, 0.15) is 5.82 Å². The van der Waals surface area contributed by atoms with Crippen LogP contribution >= 0.6 is 0 Å². The molecule has 0 aliphatic rings. The number of fused-ring (bicyclic) bond motifs is 9. The molecule has 4 aromatic heterocycles. The van der Waals surface area contributed by atoms with Crippen molar-refractivity contribution in [3.8, 4) is 33.8 Å². The summed E-state index contributed by atoms with van der Waals surface area (Å²) in [5.74, 6) is 0.893. The second kappa shape index (κ2) is 11.2. The van der Waals surface area contributed by atoms with Crippen molar-refractivity contribution in [3.63, 3.8) is 0 Å². The van der Waals surface area contributed by atoms with E-state index in [9.17, 15) is 0 Å². The van der Waals surface area contributed by atoms with Gasteiger partial charge in [0.25, 0.3) is 0 Å². The maximum absolute atomic E-state index is 4.98. The van der Waals surface area contributed by atoms with E-state index >= 15 is 0 Å². The van der Waals surface area contributed by atoms with Crippen molar-refractivity contribution in [2.45, 2.75) is 0 Å². The Bertz CT molecular complexity index is 3170. The Balaban J connectivity index is 1.19.